The van der Waals surface area contributed by atoms with Crippen LogP contribution in [0.5, 0.6) is 11.5 Å². The van der Waals surface area contributed by atoms with Crippen LogP contribution in [0.3, 0.4) is 0 Å². The molecule has 1 aromatic carbocycles. The first kappa shape index (κ1) is 16.9. The molecular formula is C16H23ClN2O3. The Morgan fingerprint density at radius 3 is 2.86 bits per heavy atom. The minimum Gasteiger partial charge on any atom is -0.490 e. The number of rotatable bonds is 3. The van der Waals surface area contributed by atoms with Crippen LogP contribution < -0.4 is 14.8 Å². The third-order valence-corrected chi connectivity index (χ3v) is 4.06. The predicted molar refractivity (Wildman–Crippen MR) is 87.2 cm³/mol. The smallest absolute Gasteiger partial charge is 0.254 e. The molecule has 2 aliphatic heterocycles. The molecular weight excluding hydrogens is 304 g/mol. The number of nitrogens with zero attached hydrogens (tertiary/aromatic N) is 1. The standard InChI is InChI=1S/C16H22N2O3.ClH/c1-17-10-12-5-6-18(11-12)16(19)13-3-4-14-15(9-13)21-8-2-7-20-14;/h3-4,9,12,17H,2,5-8,10-11H2,1H3;1H. The summed E-state index contributed by atoms with van der Waals surface area (Å²) in [6, 6.07) is 5.49. The summed E-state index contributed by atoms with van der Waals surface area (Å²) in [6.45, 7) is 3.93. The third-order valence-electron chi connectivity index (χ3n) is 4.06. The Labute approximate surface area is 137 Å². The number of likely N-dealkylation sites (tertiary alicyclic amines) is 1. The van der Waals surface area contributed by atoms with E-state index in [0.717, 1.165) is 38.2 Å². The molecule has 1 saturated heterocycles. The van der Waals surface area contributed by atoms with Crippen molar-refractivity contribution >= 4 is 18.3 Å². The molecule has 0 aliphatic carbocycles. The first-order valence-electron chi connectivity index (χ1n) is 7.61. The van der Waals surface area contributed by atoms with Gasteiger partial charge in [0.05, 0.1) is 13.2 Å². The molecule has 0 aromatic heterocycles. The molecule has 1 unspecified atom stereocenters. The molecule has 1 atom stereocenters. The Morgan fingerprint density at radius 2 is 2.09 bits per heavy atom. The second-order valence-electron chi connectivity index (χ2n) is 5.68. The molecule has 2 heterocycles. The van der Waals surface area contributed by atoms with Crippen molar-refractivity contribution in [2.24, 2.45) is 5.92 Å². The fourth-order valence-corrected chi connectivity index (χ4v) is 2.95. The fourth-order valence-electron chi connectivity index (χ4n) is 2.95. The summed E-state index contributed by atoms with van der Waals surface area (Å²) in [5.41, 5.74) is 0.685. The number of nitrogens with one attached hydrogen (secondary N) is 1. The maximum Gasteiger partial charge on any atom is 0.254 e. The van der Waals surface area contributed by atoms with Crippen molar-refractivity contribution in [2.75, 3.05) is 39.9 Å². The summed E-state index contributed by atoms with van der Waals surface area (Å²) >= 11 is 0. The molecule has 5 nitrogen and oxygen atoms in total. The molecule has 0 bridgehead atoms. The SMILES string of the molecule is CNCC1CCN(C(=O)c2ccc3c(c2)OCCCO3)C1.Cl. The Balaban J connectivity index is 0.00000176. The van der Waals surface area contributed by atoms with Gasteiger partial charge in [0.1, 0.15) is 0 Å². The predicted octanol–water partition coefficient (Wildman–Crippen LogP) is 1.95. The topological polar surface area (TPSA) is 50.8 Å². The molecule has 0 radical (unpaired) electrons. The molecule has 1 N–H and O–H groups in total. The number of carbonyl (C=O) groups excluding carboxylic acids is 1. The molecule has 1 fully saturated rings. The van der Waals surface area contributed by atoms with Gasteiger partial charge < -0.3 is 19.7 Å². The molecule has 3 rings (SSSR count). The first-order valence-corrected chi connectivity index (χ1v) is 7.61. The van der Waals surface area contributed by atoms with Crippen LogP contribution >= 0.6 is 12.4 Å². The van der Waals surface area contributed by atoms with Gasteiger partial charge in [-0.15, -0.1) is 12.4 Å². The van der Waals surface area contributed by atoms with Crippen molar-refractivity contribution < 1.29 is 14.3 Å². The Bertz CT molecular complexity index is 524. The minimum atomic E-state index is 0. The van der Waals surface area contributed by atoms with Gasteiger partial charge in [-0.1, -0.05) is 0 Å². The van der Waals surface area contributed by atoms with Gasteiger partial charge in [0.25, 0.3) is 5.91 Å². The van der Waals surface area contributed by atoms with Crippen LogP contribution in [0.1, 0.15) is 23.2 Å². The zero-order valence-electron chi connectivity index (χ0n) is 12.8. The van der Waals surface area contributed by atoms with E-state index in [1.807, 2.05) is 30.1 Å². The molecule has 122 valence electrons. The van der Waals surface area contributed by atoms with E-state index < -0.39 is 0 Å². The third kappa shape index (κ3) is 3.65. The number of carbonyl (C=O) groups is 1. The van der Waals surface area contributed by atoms with Gasteiger partial charge in [0.2, 0.25) is 0 Å². The van der Waals surface area contributed by atoms with Crippen molar-refractivity contribution in [2.45, 2.75) is 12.8 Å². The minimum absolute atomic E-state index is 0. The first-order chi connectivity index (χ1) is 10.3. The number of ether oxygens (including phenoxy) is 2. The molecule has 0 spiro atoms. The molecule has 1 amide bonds. The highest BCUT2D eigenvalue weighted by Crippen LogP contribution is 2.31. The number of hydrogen-bond donors (Lipinski definition) is 1. The zero-order valence-corrected chi connectivity index (χ0v) is 13.7. The molecule has 22 heavy (non-hydrogen) atoms. The van der Waals surface area contributed by atoms with E-state index in [1.165, 1.54) is 0 Å². The number of benzene rings is 1. The van der Waals surface area contributed by atoms with Crippen molar-refractivity contribution in [1.29, 1.82) is 0 Å². The van der Waals surface area contributed by atoms with E-state index in [9.17, 15) is 4.79 Å². The summed E-state index contributed by atoms with van der Waals surface area (Å²) in [5.74, 6) is 2.06. The van der Waals surface area contributed by atoms with Crippen molar-refractivity contribution in [1.82, 2.24) is 10.2 Å². The summed E-state index contributed by atoms with van der Waals surface area (Å²) in [4.78, 5) is 14.5. The molecule has 2 aliphatic rings. The number of amides is 1. The normalized spacial score (nSPS) is 20.2. The average molecular weight is 327 g/mol. The van der Waals surface area contributed by atoms with E-state index in [4.69, 9.17) is 9.47 Å². The van der Waals surface area contributed by atoms with Gasteiger partial charge in [-0.3, -0.25) is 4.79 Å². The van der Waals surface area contributed by atoms with Crippen LogP contribution in [0, 0.1) is 5.92 Å². The lowest BCUT2D eigenvalue weighted by atomic mass is 10.1. The maximum absolute atomic E-state index is 12.6. The van der Waals surface area contributed by atoms with Crippen LogP contribution in [-0.2, 0) is 0 Å². The van der Waals surface area contributed by atoms with E-state index >= 15 is 0 Å². The van der Waals surface area contributed by atoms with Crippen molar-refractivity contribution in [3.05, 3.63) is 23.8 Å². The zero-order chi connectivity index (χ0) is 14.7. The van der Waals surface area contributed by atoms with Gasteiger partial charge in [0.15, 0.2) is 11.5 Å². The van der Waals surface area contributed by atoms with Gasteiger partial charge in [-0.25, -0.2) is 0 Å². The lowest BCUT2D eigenvalue weighted by Crippen LogP contribution is -2.30. The van der Waals surface area contributed by atoms with Gasteiger partial charge in [-0.05, 0) is 44.1 Å². The number of halogens is 1. The highest BCUT2D eigenvalue weighted by Gasteiger charge is 2.27. The van der Waals surface area contributed by atoms with Crippen LogP contribution in [0.2, 0.25) is 0 Å². The largest absolute Gasteiger partial charge is 0.490 e. The van der Waals surface area contributed by atoms with E-state index in [-0.39, 0.29) is 18.3 Å². The van der Waals surface area contributed by atoms with Gasteiger partial charge in [-0.2, -0.15) is 0 Å². The van der Waals surface area contributed by atoms with E-state index in [2.05, 4.69) is 5.32 Å². The summed E-state index contributed by atoms with van der Waals surface area (Å²) in [7, 11) is 1.95. The highest BCUT2D eigenvalue weighted by atomic mass is 35.5. The van der Waals surface area contributed by atoms with E-state index in [1.54, 1.807) is 0 Å². The molecule has 1 aromatic rings. The van der Waals surface area contributed by atoms with Gasteiger partial charge in [0, 0.05) is 25.1 Å². The number of fused-ring (bicyclic) bond motifs is 1. The quantitative estimate of drug-likeness (QED) is 0.922. The summed E-state index contributed by atoms with van der Waals surface area (Å²) in [6.07, 6.45) is 1.94. The van der Waals surface area contributed by atoms with Crippen LogP contribution in [-0.4, -0.2) is 50.7 Å². The molecule has 6 heteroatoms. The van der Waals surface area contributed by atoms with Crippen LogP contribution in [0.25, 0.3) is 0 Å². The Kier molecular flexibility index (Phi) is 5.91. The second kappa shape index (κ2) is 7.70. The molecule has 0 saturated carbocycles. The Morgan fingerprint density at radius 1 is 1.32 bits per heavy atom. The lowest BCUT2D eigenvalue weighted by molar-refractivity contribution is 0.0786. The number of hydrogen-bond acceptors (Lipinski definition) is 4. The maximum atomic E-state index is 12.6. The highest BCUT2D eigenvalue weighted by molar-refractivity contribution is 5.95. The Hall–Kier alpha value is -1.46. The van der Waals surface area contributed by atoms with E-state index in [0.29, 0.717) is 30.4 Å². The van der Waals surface area contributed by atoms with Crippen LogP contribution in [0.15, 0.2) is 18.2 Å². The monoisotopic (exact) mass is 326 g/mol. The average Bonchev–Trinajstić information content (AvgIpc) is 2.83. The van der Waals surface area contributed by atoms with Gasteiger partial charge >= 0.3 is 0 Å². The fraction of sp³-hybridized carbons (Fsp3) is 0.562. The lowest BCUT2D eigenvalue weighted by Gasteiger charge is -2.17. The summed E-state index contributed by atoms with van der Waals surface area (Å²) < 4.78 is 11.3. The second-order valence-corrected chi connectivity index (χ2v) is 5.68. The van der Waals surface area contributed by atoms with Crippen molar-refractivity contribution in [3.63, 3.8) is 0 Å². The van der Waals surface area contributed by atoms with Crippen LogP contribution in [0.4, 0.5) is 0 Å². The van der Waals surface area contributed by atoms with Crippen molar-refractivity contribution in [3.8, 4) is 11.5 Å². The summed E-state index contributed by atoms with van der Waals surface area (Å²) in [5, 5.41) is 3.18.